The van der Waals surface area contributed by atoms with Crippen LogP contribution < -0.4 is 4.90 Å². The lowest BCUT2D eigenvalue weighted by molar-refractivity contribution is 0.600. The molecule has 0 amide bonds. The summed E-state index contributed by atoms with van der Waals surface area (Å²) in [5.74, 6) is 0. The van der Waals surface area contributed by atoms with Crippen molar-refractivity contribution >= 4 is 60.9 Å². The molecule has 322 valence electrons. The third-order valence-electron chi connectivity index (χ3n) is 16.0. The number of hydrogen-bond acceptors (Lipinski definition) is 3. The third kappa shape index (κ3) is 4.96. The molecule has 9 aromatic carbocycles. The zero-order valence-corrected chi connectivity index (χ0v) is 38.9. The van der Waals surface area contributed by atoms with Gasteiger partial charge in [-0.2, -0.15) is 0 Å². The first-order valence-electron chi connectivity index (χ1n) is 23.8. The first-order chi connectivity index (χ1) is 32.4. The molecule has 0 N–H and O–H groups in total. The molecule has 3 nitrogen and oxygen atoms in total. The highest BCUT2D eigenvalue weighted by Crippen LogP contribution is 2.64. The molecule has 3 aliphatic carbocycles. The van der Waals surface area contributed by atoms with Crippen LogP contribution in [0.1, 0.15) is 80.5 Å². The van der Waals surface area contributed by atoms with Gasteiger partial charge in [0, 0.05) is 66.0 Å². The molecule has 0 unspecified atom stereocenters. The molecule has 0 atom stereocenters. The van der Waals surface area contributed by atoms with E-state index in [1.54, 1.807) is 0 Å². The van der Waals surface area contributed by atoms with E-state index in [9.17, 15) is 0 Å². The van der Waals surface area contributed by atoms with Gasteiger partial charge in [0.05, 0.1) is 0 Å². The summed E-state index contributed by atoms with van der Waals surface area (Å²) in [6, 6.07) is 62.7. The van der Waals surface area contributed by atoms with E-state index in [-0.39, 0.29) is 16.2 Å². The van der Waals surface area contributed by atoms with Crippen molar-refractivity contribution < 1.29 is 8.83 Å². The molecule has 0 bridgehead atoms. The van der Waals surface area contributed by atoms with E-state index in [2.05, 4.69) is 223 Å². The molecule has 0 spiro atoms. The monoisotopic (exact) mass is 863 g/mol. The summed E-state index contributed by atoms with van der Waals surface area (Å²) in [5, 5.41) is 4.75. The lowest BCUT2D eigenvalue weighted by Crippen LogP contribution is -2.24. The van der Waals surface area contributed by atoms with Gasteiger partial charge in [-0.3, -0.25) is 0 Å². The van der Waals surface area contributed by atoms with Crippen LogP contribution in [-0.2, 0) is 16.2 Å². The van der Waals surface area contributed by atoms with E-state index < -0.39 is 0 Å². The van der Waals surface area contributed by atoms with Crippen LogP contribution in [-0.4, -0.2) is 0 Å². The largest absolute Gasteiger partial charge is 0.455 e. The molecule has 67 heavy (non-hydrogen) atoms. The molecule has 0 radical (unpaired) electrons. The zero-order chi connectivity index (χ0) is 45.3. The quantitative estimate of drug-likeness (QED) is 0.177. The number of rotatable bonds is 4. The van der Waals surface area contributed by atoms with Gasteiger partial charge < -0.3 is 13.7 Å². The average molecular weight is 864 g/mol. The van der Waals surface area contributed by atoms with Gasteiger partial charge in [-0.15, -0.1) is 0 Å². The van der Waals surface area contributed by atoms with Crippen LogP contribution in [0.2, 0.25) is 0 Å². The van der Waals surface area contributed by atoms with Crippen LogP contribution in [0.15, 0.2) is 179 Å². The summed E-state index contributed by atoms with van der Waals surface area (Å²) >= 11 is 0. The first kappa shape index (κ1) is 38.6. The van der Waals surface area contributed by atoms with Crippen LogP contribution in [0.3, 0.4) is 0 Å². The van der Waals surface area contributed by atoms with Crippen molar-refractivity contribution in [3.8, 4) is 44.5 Å². The Morgan fingerprint density at radius 2 is 0.925 bits per heavy atom. The van der Waals surface area contributed by atoms with Crippen LogP contribution in [0.4, 0.5) is 17.1 Å². The maximum absolute atomic E-state index is 6.97. The standard InChI is InChI=1S/C64H49NO2/c1-36-18-17-19-37(32-36)46-35-50-53(55-44-23-12-15-26-51(44)66-60(46)55)42-30-28-39(33-48(42)62(50,2)3)65(38-20-9-8-10-21-38)40-29-31-43-49(34-40)64(6,7)58-54(43)56-45-24-13-16-27-52(45)67-61(56)57-41-22-11-14-25-47(41)63(4,5)59(57)58/h8-35H,1-7H3. The van der Waals surface area contributed by atoms with Gasteiger partial charge in [0.25, 0.3) is 0 Å². The van der Waals surface area contributed by atoms with Gasteiger partial charge in [0.15, 0.2) is 0 Å². The fraction of sp³-hybridized carbons (Fsp3) is 0.156. The molecule has 0 saturated heterocycles. The topological polar surface area (TPSA) is 29.5 Å². The molecule has 0 aliphatic heterocycles. The van der Waals surface area contributed by atoms with Crippen molar-refractivity contribution in [1.82, 2.24) is 0 Å². The number of hydrogen-bond donors (Lipinski definition) is 0. The molecule has 0 saturated carbocycles. The fourth-order valence-corrected chi connectivity index (χ4v) is 12.9. The van der Waals surface area contributed by atoms with Gasteiger partial charge in [0.1, 0.15) is 22.3 Å². The normalized spacial score (nSPS) is 15.4. The van der Waals surface area contributed by atoms with E-state index in [1.165, 1.54) is 94.0 Å². The van der Waals surface area contributed by atoms with E-state index in [0.29, 0.717) is 0 Å². The molecule has 3 aliphatic rings. The summed E-state index contributed by atoms with van der Waals surface area (Å²) in [5.41, 5.74) is 25.7. The van der Waals surface area contributed by atoms with Gasteiger partial charge >= 0.3 is 0 Å². The molecule has 11 aromatic rings. The Balaban J connectivity index is 0.981. The Kier molecular flexibility index (Phi) is 7.52. The zero-order valence-electron chi connectivity index (χ0n) is 38.9. The van der Waals surface area contributed by atoms with E-state index in [4.69, 9.17) is 8.83 Å². The predicted molar refractivity (Wildman–Crippen MR) is 279 cm³/mol. The Hall–Kier alpha value is -7.62. The number of benzene rings is 9. The summed E-state index contributed by atoms with van der Waals surface area (Å²) < 4.78 is 13.8. The summed E-state index contributed by atoms with van der Waals surface area (Å²) in [7, 11) is 0. The highest BCUT2D eigenvalue weighted by molar-refractivity contribution is 6.21. The van der Waals surface area contributed by atoms with Crippen molar-refractivity contribution in [2.45, 2.75) is 64.7 Å². The second-order valence-corrected chi connectivity index (χ2v) is 20.9. The molecule has 3 heteroatoms. The number of nitrogens with zero attached hydrogens (tertiary/aromatic N) is 1. The number of aryl methyl sites for hydroxylation is 1. The fourth-order valence-electron chi connectivity index (χ4n) is 12.9. The smallest absolute Gasteiger partial charge is 0.144 e. The number of fused-ring (bicyclic) bond motifs is 19. The van der Waals surface area contributed by atoms with Crippen LogP contribution in [0, 0.1) is 6.92 Å². The highest BCUT2D eigenvalue weighted by atomic mass is 16.3. The van der Waals surface area contributed by atoms with Crippen molar-refractivity contribution in [2.24, 2.45) is 0 Å². The van der Waals surface area contributed by atoms with Gasteiger partial charge in [-0.1, -0.05) is 162 Å². The minimum Gasteiger partial charge on any atom is -0.455 e. The molecule has 14 rings (SSSR count). The Morgan fingerprint density at radius 1 is 0.373 bits per heavy atom. The lowest BCUT2D eigenvalue weighted by atomic mass is 9.72. The summed E-state index contributed by atoms with van der Waals surface area (Å²) in [4.78, 5) is 2.47. The minimum absolute atomic E-state index is 0.217. The number of furan rings is 2. The van der Waals surface area contributed by atoms with Crippen LogP contribution in [0.5, 0.6) is 0 Å². The van der Waals surface area contributed by atoms with E-state index in [0.717, 1.165) is 50.3 Å². The average Bonchev–Trinajstić information content (AvgIpc) is 4.08. The van der Waals surface area contributed by atoms with Gasteiger partial charge in [0.2, 0.25) is 0 Å². The highest BCUT2D eigenvalue weighted by Gasteiger charge is 2.49. The SMILES string of the molecule is Cc1cccc(-c2cc3c(c4c2oc2ccccc24)-c2ccc(N(c4ccccc4)c4ccc5c(c4)C(C)(C)c4c6c(c7oc8ccccc8c7c4-5)-c4ccccc4C6(C)C)cc2C3(C)C)c1. The maximum atomic E-state index is 6.97. The Bertz CT molecular complexity index is 3970. The molecular weight excluding hydrogens is 815 g/mol. The van der Waals surface area contributed by atoms with Crippen molar-refractivity contribution in [1.29, 1.82) is 0 Å². The molecule has 2 aromatic heterocycles. The molecule has 2 heterocycles. The van der Waals surface area contributed by atoms with Crippen molar-refractivity contribution in [3.05, 3.63) is 209 Å². The van der Waals surface area contributed by atoms with E-state index >= 15 is 0 Å². The van der Waals surface area contributed by atoms with Crippen LogP contribution in [0.25, 0.3) is 88.4 Å². The van der Waals surface area contributed by atoms with Crippen molar-refractivity contribution in [3.63, 3.8) is 0 Å². The second kappa shape index (κ2) is 13.0. The summed E-state index contributed by atoms with van der Waals surface area (Å²) in [6.07, 6.45) is 0. The molecule has 0 fully saturated rings. The maximum Gasteiger partial charge on any atom is 0.144 e. The lowest BCUT2D eigenvalue weighted by Gasteiger charge is -2.32. The van der Waals surface area contributed by atoms with Gasteiger partial charge in [-0.05, 0) is 128 Å². The van der Waals surface area contributed by atoms with Gasteiger partial charge in [-0.25, -0.2) is 0 Å². The number of para-hydroxylation sites is 3. The molecular formula is C64H49NO2. The van der Waals surface area contributed by atoms with E-state index in [1.807, 2.05) is 0 Å². The summed E-state index contributed by atoms with van der Waals surface area (Å²) in [6.45, 7) is 16.7. The first-order valence-corrected chi connectivity index (χ1v) is 23.8. The van der Waals surface area contributed by atoms with Crippen molar-refractivity contribution in [2.75, 3.05) is 4.90 Å². The third-order valence-corrected chi connectivity index (χ3v) is 16.0. The number of anilines is 3. The predicted octanol–water partition coefficient (Wildman–Crippen LogP) is 17.8. The second-order valence-electron chi connectivity index (χ2n) is 20.9. The van der Waals surface area contributed by atoms with Crippen LogP contribution >= 0.6 is 0 Å². The Labute approximate surface area is 390 Å². The Morgan fingerprint density at radius 3 is 1.63 bits per heavy atom. The minimum atomic E-state index is -0.311.